The number of amides is 2. The Bertz CT molecular complexity index is 1220. The monoisotopic (exact) mass is 444 g/mol. The van der Waals surface area contributed by atoms with Gasteiger partial charge in [-0.05, 0) is 25.0 Å². The molecular formula is C27H27FN3O2+. The lowest BCUT2D eigenvalue weighted by Crippen LogP contribution is -2.63. The second kappa shape index (κ2) is 7.39. The highest BCUT2D eigenvalue weighted by Gasteiger charge is 2.63. The Labute approximate surface area is 192 Å². The topological polar surface area (TPSA) is 58.2 Å². The summed E-state index contributed by atoms with van der Waals surface area (Å²) in [6.45, 7) is 0.850. The highest BCUT2D eigenvalue weighted by molar-refractivity contribution is 6.04. The van der Waals surface area contributed by atoms with Crippen LogP contribution in [-0.4, -0.2) is 42.0 Å². The van der Waals surface area contributed by atoms with E-state index in [1.807, 2.05) is 30.3 Å². The first kappa shape index (κ1) is 20.4. The van der Waals surface area contributed by atoms with E-state index < -0.39 is 12.1 Å². The third-order valence-corrected chi connectivity index (χ3v) is 8.10. The molecule has 0 bridgehead atoms. The largest absolute Gasteiger partial charge is 0.335 e. The molecule has 2 N–H and O–H groups in total. The van der Waals surface area contributed by atoms with Crippen LogP contribution in [0.1, 0.15) is 35.9 Å². The maximum Gasteiger partial charge on any atom is 0.280 e. The lowest BCUT2D eigenvalue weighted by molar-refractivity contribution is -0.940. The minimum atomic E-state index is -0.739. The molecule has 5 nitrogen and oxygen atoms in total. The zero-order valence-electron chi connectivity index (χ0n) is 18.5. The number of piperidine rings is 1. The van der Waals surface area contributed by atoms with Gasteiger partial charge in [0.15, 0.2) is 6.04 Å². The zero-order chi connectivity index (χ0) is 22.7. The van der Waals surface area contributed by atoms with Gasteiger partial charge in [-0.1, -0.05) is 54.6 Å². The number of rotatable bonds is 3. The van der Waals surface area contributed by atoms with Crippen LogP contribution in [0.2, 0.25) is 0 Å². The van der Waals surface area contributed by atoms with E-state index in [1.54, 1.807) is 12.1 Å². The number of quaternary nitrogens is 1. The van der Waals surface area contributed by atoms with Crippen LogP contribution in [-0.2, 0) is 9.59 Å². The maximum absolute atomic E-state index is 15.1. The number of carbonyl (C=O) groups is 2. The van der Waals surface area contributed by atoms with E-state index in [1.165, 1.54) is 6.07 Å². The molecule has 168 valence electrons. The fourth-order valence-electron chi connectivity index (χ4n) is 6.80. The minimum absolute atomic E-state index is 0.147. The predicted octanol–water partition coefficient (Wildman–Crippen LogP) is 3.82. The van der Waals surface area contributed by atoms with Gasteiger partial charge in [-0.2, -0.15) is 0 Å². The second-order valence-electron chi connectivity index (χ2n) is 9.84. The van der Waals surface area contributed by atoms with Crippen molar-refractivity contribution in [3.8, 4) is 0 Å². The molecule has 1 aliphatic carbocycles. The summed E-state index contributed by atoms with van der Waals surface area (Å²) in [6.07, 6.45) is 8.48. The first-order valence-corrected chi connectivity index (χ1v) is 11.7. The molecule has 2 aromatic rings. The Hall–Kier alpha value is -3.25. The van der Waals surface area contributed by atoms with Crippen LogP contribution < -0.4 is 10.6 Å². The van der Waals surface area contributed by atoms with Crippen LogP contribution in [0.25, 0.3) is 0 Å². The molecule has 0 saturated carbocycles. The van der Waals surface area contributed by atoms with Gasteiger partial charge in [0, 0.05) is 28.3 Å². The van der Waals surface area contributed by atoms with Crippen LogP contribution in [0.15, 0.2) is 72.3 Å². The molecule has 5 unspecified atom stereocenters. The van der Waals surface area contributed by atoms with Gasteiger partial charge in [0.25, 0.3) is 11.8 Å². The summed E-state index contributed by atoms with van der Waals surface area (Å²) < 4.78 is 15.7. The Kier molecular flexibility index (Phi) is 4.56. The van der Waals surface area contributed by atoms with Crippen molar-refractivity contribution in [2.75, 3.05) is 18.9 Å². The van der Waals surface area contributed by atoms with Crippen LogP contribution in [0.5, 0.6) is 0 Å². The van der Waals surface area contributed by atoms with Crippen molar-refractivity contribution in [2.24, 2.45) is 5.92 Å². The van der Waals surface area contributed by atoms with Crippen molar-refractivity contribution >= 4 is 17.5 Å². The van der Waals surface area contributed by atoms with Crippen LogP contribution in [0, 0.1) is 11.7 Å². The number of fused-ring (bicyclic) bond motifs is 1. The molecule has 0 spiro atoms. The Morgan fingerprint density at radius 1 is 1.12 bits per heavy atom. The lowest BCUT2D eigenvalue weighted by Gasteiger charge is -2.47. The number of carbonyl (C=O) groups excluding carboxylic acids is 2. The molecule has 2 amide bonds. The van der Waals surface area contributed by atoms with Gasteiger partial charge in [-0.3, -0.25) is 9.59 Å². The van der Waals surface area contributed by atoms with Gasteiger partial charge in [0.2, 0.25) is 0 Å². The number of benzene rings is 2. The van der Waals surface area contributed by atoms with E-state index in [-0.39, 0.29) is 29.6 Å². The van der Waals surface area contributed by atoms with Crippen molar-refractivity contribution in [3.63, 3.8) is 0 Å². The number of nitrogens with zero attached hydrogens (tertiary/aromatic N) is 1. The first-order valence-electron chi connectivity index (χ1n) is 11.7. The summed E-state index contributed by atoms with van der Waals surface area (Å²) in [5, 5.41) is 5.91. The number of nitrogens with one attached hydrogen (secondary N) is 2. The number of hydrogen-bond donors (Lipinski definition) is 2. The summed E-state index contributed by atoms with van der Waals surface area (Å²) in [5.74, 6) is -0.749. The number of anilines is 1. The van der Waals surface area contributed by atoms with Crippen molar-refractivity contribution in [1.29, 1.82) is 0 Å². The lowest BCUT2D eigenvalue weighted by atomic mass is 9.78. The van der Waals surface area contributed by atoms with Gasteiger partial charge >= 0.3 is 0 Å². The zero-order valence-corrected chi connectivity index (χ0v) is 18.5. The highest BCUT2D eigenvalue weighted by atomic mass is 19.1. The average molecular weight is 445 g/mol. The fraction of sp³-hybridized carbons (Fsp3) is 0.333. The van der Waals surface area contributed by atoms with E-state index in [0.717, 1.165) is 36.2 Å². The maximum atomic E-state index is 15.1. The number of para-hydroxylation sites is 1. The molecule has 3 heterocycles. The van der Waals surface area contributed by atoms with E-state index >= 15 is 4.39 Å². The van der Waals surface area contributed by atoms with E-state index in [0.29, 0.717) is 16.0 Å². The van der Waals surface area contributed by atoms with Crippen molar-refractivity contribution in [2.45, 2.75) is 36.9 Å². The van der Waals surface area contributed by atoms with Crippen molar-refractivity contribution in [1.82, 2.24) is 5.32 Å². The molecule has 6 atom stereocenters. The quantitative estimate of drug-likeness (QED) is 0.707. The third-order valence-electron chi connectivity index (χ3n) is 8.10. The molecule has 4 aliphatic rings. The second-order valence-corrected chi connectivity index (χ2v) is 9.84. The van der Waals surface area contributed by atoms with Gasteiger partial charge in [0.05, 0.1) is 19.5 Å². The fourth-order valence-corrected chi connectivity index (χ4v) is 6.80. The molecule has 2 fully saturated rings. The third kappa shape index (κ3) is 2.93. The van der Waals surface area contributed by atoms with Gasteiger partial charge in [-0.25, -0.2) is 4.39 Å². The van der Waals surface area contributed by atoms with Gasteiger partial charge < -0.3 is 15.1 Å². The summed E-state index contributed by atoms with van der Waals surface area (Å²) >= 11 is 0. The van der Waals surface area contributed by atoms with Crippen molar-refractivity contribution < 1.29 is 18.5 Å². The van der Waals surface area contributed by atoms with Crippen LogP contribution in [0.3, 0.4) is 0 Å². The van der Waals surface area contributed by atoms with E-state index in [4.69, 9.17) is 0 Å². The normalized spacial score (nSPS) is 33.7. The number of halogens is 1. The Morgan fingerprint density at radius 3 is 2.70 bits per heavy atom. The molecular weight excluding hydrogens is 417 g/mol. The average Bonchev–Trinajstić information content (AvgIpc) is 3.27. The molecule has 2 saturated heterocycles. The molecule has 33 heavy (non-hydrogen) atoms. The summed E-state index contributed by atoms with van der Waals surface area (Å²) in [5.41, 5.74) is 3.19. The predicted molar refractivity (Wildman–Crippen MR) is 124 cm³/mol. The first-order chi connectivity index (χ1) is 16.0. The molecule has 2 aromatic carbocycles. The SMILES string of the molecule is C[N@@+]12CCCC3C=CC=C(C(c4ccccc4F)C1C(=O)NC1C(=O)Nc4ccccc41)C32. The number of likely N-dealkylation sites (N-methyl/N-ethyl adjacent to an activating group) is 1. The molecule has 0 radical (unpaired) electrons. The highest BCUT2D eigenvalue weighted by Crippen LogP contribution is 2.53. The van der Waals surface area contributed by atoms with E-state index in [9.17, 15) is 9.59 Å². The van der Waals surface area contributed by atoms with E-state index in [2.05, 4.69) is 35.9 Å². The van der Waals surface area contributed by atoms with Crippen LogP contribution >= 0.6 is 0 Å². The van der Waals surface area contributed by atoms with Crippen molar-refractivity contribution in [3.05, 3.63) is 89.3 Å². The van der Waals surface area contributed by atoms with Gasteiger partial charge in [0.1, 0.15) is 17.9 Å². The van der Waals surface area contributed by atoms with Gasteiger partial charge in [-0.15, -0.1) is 0 Å². The molecule has 6 heteroatoms. The number of allylic oxidation sites excluding steroid dienone is 2. The molecule has 3 aliphatic heterocycles. The molecule has 6 rings (SSSR count). The minimum Gasteiger partial charge on any atom is -0.335 e. The summed E-state index contributed by atoms with van der Waals surface area (Å²) in [6, 6.07) is 13.1. The standard InChI is InChI=1S/C27H26FN3O2/c1-31-15-7-9-16-8-6-12-19(24(16)31)22(17-10-2-4-13-20(17)28)25(31)27(33)30-23-18-11-3-5-14-21(18)29-26(23)32/h2-6,8,10-14,16,22-25H,7,9,15H2,1H3,(H-,29,30,32,33)/p+1/t16?,22?,23?,24?,25?,31-/m0/s1. The summed E-state index contributed by atoms with van der Waals surface area (Å²) in [7, 11) is 2.14. The smallest absolute Gasteiger partial charge is 0.280 e. The Morgan fingerprint density at radius 2 is 1.88 bits per heavy atom. The Balaban J connectivity index is 1.44. The summed E-state index contributed by atoms with van der Waals surface area (Å²) in [4.78, 5) is 26.7. The van der Waals surface area contributed by atoms with Crippen LogP contribution in [0.4, 0.5) is 10.1 Å². The molecule has 0 aromatic heterocycles. The number of hydrogen-bond acceptors (Lipinski definition) is 2.